The highest BCUT2D eigenvalue weighted by atomic mass is 16.3. The Labute approximate surface area is 114 Å². The summed E-state index contributed by atoms with van der Waals surface area (Å²) in [6, 6.07) is 12.3. The van der Waals surface area contributed by atoms with Gasteiger partial charge in [0, 0.05) is 17.7 Å². The van der Waals surface area contributed by atoms with Crippen LogP contribution in [0.5, 0.6) is 0 Å². The summed E-state index contributed by atoms with van der Waals surface area (Å²) in [5, 5.41) is 0.261. The Hall–Kier alpha value is -2.95. The van der Waals surface area contributed by atoms with E-state index in [2.05, 4.69) is 0 Å². The molecule has 0 bridgehead atoms. The lowest BCUT2D eigenvalue weighted by molar-refractivity contribution is 0.619. The number of hydrogen-bond donors (Lipinski definition) is 3. The summed E-state index contributed by atoms with van der Waals surface area (Å²) in [4.78, 5) is 12.2. The lowest BCUT2D eigenvalue weighted by atomic mass is 10.1. The van der Waals surface area contributed by atoms with Crippen LogP contribution in [0.1, 0.15) is 0 Å². The summed E-state index contributed by atoms with van der Waals surface area (Å²) in [5.41, 5.74) is 18.9. The Morgan fingerprint density at radius 3 is 2.30 bits per heavy atom. The van der Waals surface area contributed by atoms with Crippen LogP contribution in [-0.2, 0) is 0 Å². The van der Waals surface area contributed by atoms with E-state index in [4.69, 9.17) is 21.6 Å². The average molecular weight is 267 g/mol. The SMILES string of the molecule is Nc1cc2oc(-c3ccccc3)cc(=O)c2c(N)c1N. The summed E-state index contributed by atoms with van der Waals surface area (Å²) >= 11 is 0. The standard InChI is InChI=1S/C15H13N3O2/c16-9-6-12-13(15(18)14(9)17)10(19)7-11(20-12)8-4-2-1-3-5-8/h1-7H,16-18H2. The third kappa shape index (κ3) is 1.76. The van der Waals surface area contributed by atoms with Gasteiger partial charge in [0.1, 0.15) is 11.3 Å². The Morgan fingerprint density at radius 1 is 0.900 bits per heavy atom. The molecule has 0 aliphatic rings. The van der Waals surface area contributed by atoms with Crippen LogP contribution in [0.15, 0.2) is 51.7 Å². The highest BCUT2D eigenvalue weighted by Gasteiger charge is 2.13. The summed E-state index contributed by atoms with van der Waals surface area (Å²) < 4.78 is 5.73. The second-order valence-electron chi connectivity index (χ2n) is 4.51. The second-order valence-corrected chi connectivity index (χ2v) is 4.51. The van der Waals surface area contributed by atoms with Crippen molar-refractivity contribution in [2.45, 2.75) is 0 Å². The first kappa shape index (κ1) is 12.1. The topological polar surface area (TPSA) is 108 Å². The third-order valence-electron chi connectivity index (χ3n) is 3.19. The van der Waals surface area contributed by atoms with Crippen molar-refractivity contribution in [1.82, 2.24) is 0 Å². The molecular formula is C15H13N3O2. The van der Waals surface area contributed by atoms with Gasteiger partial charge >= 0.3 is 0 Å². The lowest BCUT2D eigenvalue weighted by Crippen LogP contribution is -2.08. The van der Waals surface area contributed by atoms with Gasteiger partial charge in [-0.1, -0.05) is 30.3 Å². The van der Waals surface area contributed by atoms with Crippen LogP contribution in [0.3, 0.4) is 0 Å². The molecule has 0 aliphatic heterocycles. The molecule has 0 unspecified atom stereocenters. The number of fused-ring (bicyclic) bond motifs is 1. The Morgan fingerprint density at radius 2 is 1.60 bits per heavy atom. The fourth-order valence-corrected chi connectivity index (χ4v) is 2.13. The quantitative estimate of drug-likeness (QED) is 0.586. The zero-order valence-electron chi connectivity index (χ0n) is 10.6. The number of anilines is 3. The van der Waals surface area contributed by atoms with Crippen LogP contribution in [-0.4, -0.2) is 0 Å². The zero-order chi connectivity index (χ0) is 14.3. The number of rotatable bonds is 1. The van der Waals surface area contributed by atoms with Gasteiger partial charge in [0.05, 0.1) is 22.4 Å². The third-order valence-corrected chi connectivity index (χ3v) is 3.19. The molecule has 20 heavy (non-hydrogen) atoms. The van der Waals surface area contributed by atoms with Crippen LogP contribution < -0.4 is 22.6 Å². The molecule has 3 rings (SSSR count). The molecule has 1 heterocycles. The van der Waals surface area contributed by atoms with E-state index in [-0.39, 0.29) is 22.2 Å². The fourth-order valence-electron chi connectivity index (χ4n) is 2.13. The zero-order valence-corrected chi connectivity index (χ0v) is 10.6. The largest absolute Gasteiger partial charge is 0.456 e. The van der Waals surface area contributed by atoms with E-state index in [1.807, 2.05) is 30.3 Å². The van der Waals surface area contributed by atoms with Crippen molar-refractivity contribution in [3.8, 4) is 11.3 Å². The average Bonchev–Trinajstić information content (AvgIpc) is 2.45. The molecule has 2 aromatic carbocycles. The van der Waals surface area contributed by atoms with Crippen molar-refractivity contribution in [2.24, 2.45) is 0 Å². The van der Waals surface area contributed by atoms with Crippen LogP contribution >= 0.6 is 0 Å². The Kier molecular flexibility index (Phi) is 2.61. The number of hydrogen-bond acceptors (Lipinski definition) is 5. The van der Waals surface area contributed by atoms with Crippen LogP contribution in [0.25, 0.3) is 22.3 Å². The number of benzene rings is 2. The van der Waals surface area contributed by atoms with Crippen molar-refractivity contribution in [1.29, 1.82) is 0 Å². The first-order chi connectivity index (χ1) is 9.58. The molecule has 0 amide bonds. The van der Waals surface area contributed by atoms with Crippen LogP contribution in [0.4, 0.5) is 17.1 Å². The van der Waals surface area contributed by atoms with Gasteiger partial charge in [-0.3, -0.25) is 4.79 Å². The molecule has 5 heteroatoms. The molecule has 6 N–H and O–H groups in total. The molecule has 0 saturated carbocycles. The first-order valence-electron chi connectivity index (χ1n) is 6.04. The normalized spacial score (nSPS) is 10.8. The molecule has 0 radical (unpaired) electrons. The Balaban J connectivity index is 2.36. The fraction of sp³-hybridized carbons (Fsp3) is 0. The number of nitrogens with two attached hydrogens (primary N) is 3. The van der Waals surface area contributed by atoms with Crippen molar-refractivity contribution in [3.63, 3.8) is 0 Å². The molecule has 0 fully saturated rings. The van der Waals surface area contributed by atoms with Gasteiger partial charge in [0.25, 0.3) is 0 Å². The van der Waals surface area contributed by atoms with Crippen molar-refractivity contribution in [2.75, 3.05) is 17.2 Å². The predicted octanol–water partition coefficient (Wildman–Crippen LogP) is 2.21. The predicted molar refractivity (Wildman–Crippen MR) is 81.2 cm³/mol. The molecule has 0 saturated heterocycles. The van der Waals surface area contributed by atoms with Crippen molar-refractivity contribution < 1.29 is 4.42 Å². The molecule has 0 atom stereocenters. The monoisotopic (exact) mass is 267 g/mol. The highest BCUT2D eigenvalue weighted by Crippen LogP contribution is 2.32. The minimum Gasteiger partial charge on any atom is -0.456 e. The molecule has 0 spiro atoms. The summed E-state index contributed by atoms with van der Waals surface area (Å²) in [5.74, 6) is 0.465. The minimum atomic E-state index is -0.241. The first-order valence-corrected chi connectivity index (χ1v) is 6.04. The summed E-state index contributed by atoms with van der Waals surface area (Å²) in [7, 11) is 0. The van der Waals surface area contributed by atoms with Gasteiger partial charge in [0.2, 0.25) is 0 Å². The van der Waals surface area contributed by atoms with Crippen LogP contribution in [0.2, 0.25) is 0 Å². The summed E-state index contributed by atoms with van der Waals surface area (Å²) in [6.07, 6.45) is 0. The highest BCUT2D eigenvalue weighted by molar-refractivity contribution is 6.00. The van der Waals surface area contributed by atoms with E-state index >= 15 is 0 Å². The molecule has 5 nitrogen and oxygen atoms in total. The molecule has 100 valence electrons. The van der Waals surface area contributed by atoms with Gasteiger partial charge in [-0.2, -0.15) is 0 Å². The Bertz CT molecular complexity index is 854. The number of nitrogen functional groups attached to an aromatic ring is 3. The maximum atomic E-state index is 12.2. The van der Waals surface area contributed by atoms with Gasteiger partial charge in [-0.05, 0) is 0 Å². The molecule has 3 aromatic rings. The molecular weight excluding hydrogens is 254 g/mol. The van der Waals surface area contributed by atoms with Gasteiger partial charge < -0.3 is 21.6 Å². The second kappa shape index (κ2) is 4.31. The van der Waals surface area contributed by atoms with Gasteiger partial charge in [-0.15, -0.1) is 0 Å². The van der Waals surface area contributed by atoms with E-state index in [0.717, 1.165) is 5.56 Å². The van der Waals surface area contributed by atoms with E-state index in [0.29, 0.717) is 17.0 Å². The van der Waals surface area contributed by atoms with Crippen LogP contribution in [0, 0.1) is 0 Å². The van der Waals surface area contributed by atoms with Crippen molar-refractivity contribution in [3.05, 3.63) is 52.7 Å². The van der Waals surface area contributed by atoms with E-state index in [1.54, 1.807) is 0 Å². The maximum Gasteiger partial charge on any atom is 0.195 e. The van der Waals surface area contributed by atoms with Gasteiger partial charge in [0.15, 0.2) is 5.43 Å². The van der Waals surface area contributed by atoms with E-state index in [9.17, 15) is 4.79 Å². The smallest absolute Gasteiger partial charge is 0.195 e. The van der Waals surface area contributed by atoms with E-state index < -0.39 is 0 Å². The summed E-state index contributed by atoms with van der Waals surface area (Å²) in [6.45, 7) is 0. The molecule has 0 aliphatic carbocycles. The maximum absolute atomic E-state index is 12.2. The lowest BCUT2D eigenvalue weighted by Gasteiger charge is -2.09. The van der Waals surface area contributed by atoms with Crippen molar-refractivity contribution >= 4 is 28.0 Å². The minimum absolute atomic E-state index is 0.161. The molecule has 1 aromatic heterocycles. The van der Waals surface area contributed by atoms with Gasteiger partial charge in [-0.25, -0.2) is 0 Å². The van der Waals surface area contributed by atoms with E-state index in [1.165, 1.54) is 12.1 Å².